The van der Waals surface area contributed by atoms with Gasteiger partial charge in [0.25, 0.3) is 0 Å². The minimum Gasteiger partial charge on any atom is -0.481 e. The van der Waals surface area contributed by atoms with E-state index in [2.05, 4.69) is 4.98 Å². The van der Waals surface area contributed by atoms with Crippen molar-refractivity contribution in [2.24, 2.45) is 5.73 Å². The Bertz CT molecular complexity index is 557. The molecule has 0 atom stereocenters. The molecule has 0 radical (unpaired) electrons. The molecule has 134 valence electrons. The SMILES string of the molecule is NC(=O)CCCc1cscn1.O=C(O)CC(O)(CC(=O)O)C(=O)O. The number of aryl methyl sites for hydroxylation is 1. The second-order valence-corrected chi connectivity index (χ2v) is 5.50. The number of aliphatic carboxylic acids is 3. The molecule has 0 saturated heterocycles. The number of hydrogen-bond acceptors (Lipinski definition) is 7. The topological polar surface area (TPSA) is 188 Å². The van der Waals surface area contributed by atoms with Gasteiger partial charge in [0.15, 0.2) is 5.60 Å². The second kappa shape index (κ2) is 10.3. The van der Waals surface area contributed by atoms with Crippen LogP contribution in [-0.2, 0) is 25.6 Å². The predicted octanol–water partition coefficient (Wildman–Crippen LogP) is -0.297. The van der Waals surface area contributed by atoms with E-state index in [9.17, 15) is 19.2 Å². The van der Waals surface area contributed by atoms with Crippen LogP contribution in [0.1, 0.15) is 31.4 Å². The van der Waals surface area contributed by atoms with E-state index in [0.717, 1.165) is 18.5 Å². The quantitative estimate of drug-likeness (QED) is 0.393. The lowest BCUT2D eigenvalue weighted by atomic mass is 9.96. The van der Waals surface area contributed by atoms with Crippen LogP contribution in [0.4, 0.5) is 0 Å². The lowest BCUT2D eigenvalue weighted by molar-refractivity contribution is -0.170. The molecule has 1 rings (SSSR count). The molecule has 0 saturated carbocycles. The maximum atomic E-state index is 10.3. The van der Waals surface area contributed by atoms with Crippen LogP contribution in [0.25, 0.3) is 0 Å². The Morgan fingerprint density at radius 3 is 2.00 bits per heavy atom. The Kier molecular flexibility index (Phi) is 9.20. The summed E-state index contributed by atoms with van der Waals surface area (Å²) in [5.41, 5.74) is 5.08. The Hall–Kier alpha value is -2.53. The molecule has 0 spiro atoms. The van der Waals surface area contributed by atoms with Gasteiger partial charge in [-0.05, 0) is 12.8 Å². The highest BCUT2D eigenvalue weighted by Gasteiger charge is 2.40. The van der Waals surface area contributed by atoms with Crippen molar-refractivity contribution in [3.8, 4) is 0 Å². The van der Waals surface area contributed by atoms with E-state index >= 15 is 0 Å². The van der Waals surface area contributed by atoms with Crippen molar-refractivity contribution < 1.29 is 39.6 Å². The standard InChI is InChI=1S/C7H10N2OS.C6H8O7/c8-7(10)3-1-2-6-4-11-5-9-6;7-3(8)1-6(13,5(11)12)2-4(9)10/h4-5H,1-3H2,(H2,8,10);13H,1-2H2,(H,7,8)(H,9,10)(H,11,12). The largest absolute Gasteiger partial charge is 0.481 e. The smallest absolute Gasteiger partial charge is 0.336 e. The summed E-state index contributed by atoms with van der Waals surface area (Å²) >= 11 is 1.57. The van der Waals surface area contributed by atoms with Crippen LogP contribution in [0.3, 0.4) is 0 Å². The number of carbonyl (C=O) groups is 4. The van der Waals surface area contributed by atoms with E-state index in [1.54, 1.807) is 16.8 Å². The molecule has 0 aliphatic heterocycles. The molecule has 0 unspecified atom stereocenters. The highest BCUT2D eigenvalue weighted by Crippen LogP contribution is 2.15. The number of amides is 1. The zero-order valence-corrected chi connectivity index (χ0v) is 13.4. The Balaban J connectivity index is 0.000000446. The number of carboxylic acids is 3. The van der Waals surface area contributed by atoms with Gasteiger partial charge in [-0.15, -0.1) is 11.3 Å². The summed E-state index contributed by atoms with van der Waals surface area (Å²) in [6.07, 6.45) is -0.174. The highest BCUT2D eigenvalue weighted by molar-refractivity contribution is 7.07. The number of primary amides is 1. The number of carbonyl (C=O) groups excluding carboxylic acids is 1. The number of aromatic nitrogens is 1. The summed E-state index contributed by atoms with van der Waals surface area (Å²) in [6, 6.07) is 0. The number of nitrogens with two attached hydrogens (primary N) is 1. The first kappa shape index (κ1) is 21.5. The zero-order chi connectivity index (χ0) is 18.8. The Labute approximate surface area is 140 Å². The molecule has 11 heteroatoms. The summed E-state index contributed by atoms with van der Waals surface area (Å²) in [5.74, 6) is -5.25. The van der Waals surface area contributed by atoms with Gasteiger partial charge < -0.3 is 26.2 Å². The lowest BCUT2D eigenvalue weighted by Crippen LogP contribution is -2.42. The van der Waals surface area contributed by atoms with Gasteiger partial charge in [0.05, 0.1) is 24.0 Å². The van der Waals surface area contributed by atoms with E-state index in [1.807, 2.05) is 5.38 Å². The number of carboxylic acid groups (broad SMARTS) is 3. The van der Waals surface area contributed by atoms with Gasteiger partial charge in [-0.1, -0.05) is 0 Å². The van der Waals surface area contributed by atoms with Crippen LogP contribution < -0.4 is 5.73 Å². The molecular weight excluding hydrogens is 344 g/mol. The average Bonchev–Trinajstić information content (AvgIpc) is 2.90. The van der Waals surface area contributed by atoms with Crippen molar-refractivity contribution in [2.45, 2.75) is 37.7 Å². The summed E-state index contributed by atoms with van der Waals surface area (Å²) in [5, 5.41) is 35.8. The fourth-order valence-electron chi connectivity index (χ4n) is 1.52. The molecule has 10 nitrogen and oxygen atoms in total. The third-order valence-corrected chi connectivity index (χ3v) is 3.26. The third-order valence-electron chi connectivity index (χ3n) is 2.62. The molecule has 1 heterocycles. The van der Waals surface area contributed by atoms with Crippen molar-refractivity contribution in [3.05, 3.63) is 16.6 Å². The molecule has 1 aromatic heterocycles. The van der Waals surface area contributed by atoms with Crippen LogP contribution >= 0.6 is 11.3 Å². The van der Waals surface area contributed by atoms with Crippen molar-refractivity contribution in [1.82, 2.24) is 4.98 Å². The third kappa shape index (κ3) is 9.48. The molecule has 1 amide bonds. The van der Waals surface area contributed by atoms with Crippen LogP contribution in [-0.4, -0.2) is 54.8 Å². The maximum absolute atomic E-state index is 10.3. The summed E-state index contributed by atoms with van der Waals surface area (Å²) in [6.45, 7) is 0. The van der Waals surface area contributed by atoms with Crippen LogP contribution in [0.5, 0.6) is 0 Å². The van der Waals surface area contributed by atoms with Gasteiger partial charge in [0, 0.05) is 11.8 Å². The number of hydrogen-bond donors (Lipinski definition) is 5. The van der Waals surface area contributed by atoms with Gasteiger partial charge in [-0.3, -0.25) is 14.4 Å². The molecule has 0 aliphatic rings. The maximum Gasteiger partial charge on any atom is 0.336 e. The lowest BCUT2D eigenvalue weighted by Gasteiger charge is -2.18. The van der Waals surface area contributed by atoms with Crippen LogP contribution in [0.15, 0.2) is 10.9 Å². The Morgan fingerprint density at radius 2 is 1.67 bits per heavy atom. The molecular formula is C13H18N2O8S. The number of aliphatic hydroxyl groups is 1. The molecule has 6 N–H and O–H groups in total. The fourth-order valence-corrected chi connectivity index (χ4v) is 2.11. The molecule has 1 aromatic rings. The van der Waals surface area contributed by atoms with E-state index in [-0.39, 0.29) is 5.91 Å². The molecule has 0 bridgehead atoms. The minimum absolute atomic E-state index is 0.236. The van der Waals surface area contributed by atoms with Crippen molar-refractivity contribution >= 4 is 35.2 Å². The monoisotopic (exact) mass is 362 g/mol. The van der Waals surface area contributed by atoms with E-state index in [0.29, 0.717) is 6.42 Å². The first-order valence-corrected chi connectivity index (χ1v) is 7.56. The predicted molar refractivity (Wildman–Crippen MR) is 81.3 cm³/mol. The molecule has 0 fully saturated rings. The normalized spacial score (nSPS) is 10.4. The first-order chi connectivity index (χ1) is 11.1. The van der Waals surface area contributed by atoms with Crippen LogP contribution in [0, 0.1) is 0 Å². The van der Waals surface area contributed by atoms with Gasteiger partial charge in [0.1, 0.15) is 0 Å². The van der Waals surface area contributed by atoms with Gasteiger partial charge >= 0.3 is 17.9 Å². The second-order valence-electron chi connectivity index (χ2n) is 4.78. The summed E-state index contributed by atoms with van der Waals surface area (Å²) in [7, 11) is 0. The Morgan fingerprint density at radius 1 is 1.12 bits per heavy atom. The molecule has 24 heavy (non-hydrogen) atoms. The van der Waals surface area contributed by atoms with Crippen molar-refractivity contribution in [3.63, 3.8) is 0 Å². The highest BCUT2D eigenvalue weighted by atomic mass is 32.1. The zero-order valence-electron chi connectivity index (χ0n) is 12.5. The number of thiazole rings is 1. The number of nitrogens with zero attached hydrogens (tertiary/aromatic N) is 1. The van der Waals surface area contributed by atoms with Gasteiger partial charge in [-0.25, -0.2) is 9.78 Å². The van der Waals surface area contributed by atoms with Crippen molar-refractivity contribution in [2.75, 3.05) is 0 Å². The molecule has 0 aliphatic carbocycles. The van der Waals surface area contributed by atoms with Crippen molar-refractivity contribution in [1.29, 1.82) is 0 Å². The average molecular weight is 362 g/mol. The van der Waals surface area contributed by atoms with Gasteiger partial charge in [-0.2, -0.15) is 0 Å². The fraction of sp³-hybridized carbons (Fsp3) is 0.462. The van der Waals surface area contributed by atoms with E-state index in [1.165, 1.54) is 0 Å². The number of rotatable bonds is 9. The van der Waals surface area contributed by atoms with Gasteiger partial charge in [0.2, 0.25) is 5.91 Å². The summed E-state index contributed by atoms with van der Waals surface area (Å²) < 4.78 is 0. The van der Waals surface area contributed by atoms with E-state index in [4.69, 9.17) is 26.2 Å². The minimum atomic E-state index is -2.74. The van der Waals surface area contributed by atoms with E-state index < -0.39 is 36.4 Å². The summed E-state index contributed by atoms with van der Waals surface area (Å²) in [4.78, 5) is 44.9. The molecule has 0 aromatic carbocycles. The van der Waals surface area contributed by atoms with Crippen LogP contribution in [0.2, 0.25) is 0 Å². The first-order valence-electron chi connectivity index (χ1n) is 6.61.